The molecule has 5 nitrogen and oxygen atoms in total. The molecule has 0 unspecified atom stereocenters. The first-order valence-corrected chi connectivity index (χ1v) is 14.8. The molecule has 0 spiro atoms. The maximum Gasteiger partial charge on any atom is 0.124 e. The summed E-state index contributed by atoms with van der Waals surface area (Å²) < 4.78 is 1.01. The predicted molar refractivity (Wildman–Crippen MR) is 144 cm³/mol. The SMILES string of the molecule is CCc1c(-c2cc(CN3CCCN(C)CC3)c(O)c(CN3CCCN(C)CC3)c2)ssc1=S. The van der Waals surface area contributed by atoms with Gasteiger partial charge in [-0.15, -0.1) is 0 Å². The Hall–Kier alpha value is -0.870. The van der Waals surface area contributed by atoms with Crippen LogP contribution in [0.15, 0.2) is 12.1 Å². The van der Waals surface area contributed by atoms with Gasteiger partial charge in [0.1, 0.15) is 9.57 Å². The number of phenolic OH excluding ortho intramolecular Hbond substituents is 1. The van der Waals surface area contributed by atoms with E-state index in [2.05, 4.69) is 52.8 Å². The van der Waals surface area contributed by atoms with Gasteiger partial charge in [0, 0.05) is 50.4 Å². The van der Waals surface area contributed by atoms with E-state index in [0.717, 1.165) is 86.8 Å². The van der Waals surface area contributed by atoms with E-state index in [1.807, 2.05) is 0 Å². The van der Waals surface area contributed by atoms with Crippen LogP contribution in [0.2, 0.25) is 0 Å². The van der Waals surface area contributed by atoms with Gasteiger partial charge in [-0.05, 0) is 82.8 Å². The normalized spacial score (nSPS) is 20.1. The highest BCUT2D eigenvalue weighted by Crippen LogP contribution is 2.39. The third-order valence-corrected chi connectivity index (χ3v) is 10.2. The summed E-state index contributed by atoms with van der Waals surface area (Å²) in [6, 6.07) is 4.46. The fraction of sp³-hybridized carbons (Fsp3) is 0.640. The summed E-state index contributed by atoms with van der Waals surface area (Å²) in [4.78, 5) is 11.1. The predicted octanol–water partition coefficient (Wildman–Crippen LogP) is 4.75. The molecule has 0 atom stereocenters. The van der Waals surface area contributed by atoms with Crippen molar-refractivity contribution in [3.63, 3.8) is 0 Å². The molecule has 2 saturated heterocycles. The quantitative estimate of drug-likeness (QED) is 0.450. The van der Waals surface area contributed by atoms with Crippen LogP contribution >= 0.6 is 32.9 Å². The van der Waals surface area contributed by atoms with E-state index in [-0.39, 0.29) is 0 Å². The summed E-state index contributed by atoms with van der Waals surface area (Å²) in [5.41, 5.74) is 4.64. The minimum absolute atomic E-state index is 0.492. The van der Waals surface area contributed by atoms with E-state index < -0.39 is 0 Å². The number of nitrogens with zero attached hydrogens (tertiary/aromatic N) is 4. The maximum atomic E-state index is 11.4. The highest BCUT2D eigenvalue weighted by Gasteiger charge is 2.21. The highest BCUT2D eigenvalue weighted by atomic mass is 32.9. The number of aromatic hydroxyl groups is 1. The van der Waals surface area contributed by atoms with Crippen LogP contribution in [-0.4, -0.2) is 91.2 Å². The van der Waals surface area contributed by atoms with Gasteiger partial charge in [-0.25, -0.2) is 0 Å². The molecular weight excluding hydrogens is 469 g/mol. The van der Waals surface area contributed by atoms with Crippen molar-refractivity contribution in [2.24, 2.45) is 0 Å². The number of rotatable bonds is 6. The van der Waals surface area contributed by atoms with E-state index in [9.17, 15) is 5.11 Å². The smallest absolute Gasteiger partial charge is 0.124 e. The van der Waals surface area contributed by atoms with Crippen molar-refractivity contribution in [2.75, 3.05) is 66.5 Å². The number of likely N-dealkylation sites (N-methyl/N-ethyl adjacent to an activating group) is 2. The Kier molecular flexibility index (Phi) is 8.95. The topological polar surface area (TPSA) is 33.2 Å². The molecule has 2 aliphatic rings. The lowest BCUT2D eigenvalue weighted by Crippen LogP contribution is -2.29. The largest absolute Gasteiger partial charge is 0.507 e. The van der Waals surface area contributed by atoms with Crippen molar-refractivity contribution in [1.29, 1.82) is 0 Å². The number of phenols is 1. The lowest BCUT2D eigenvalue weighted by atomic mass is 9.99. The monoisotopic (exact) mass is 506 g/mol. The zero-order valence-electron chi connectivity index (χ0n) is 20.3. The molecule has 0 aliphatic carbocycles. The first kappa shape index (κ1) is 25.2. The van der Waals surface area contributed by atoms with Crippen molar-refractivity contribution in [2.45, 2.75) is 39.3 Å². The minimum atomic E-state index is 0.492. The summed E-state index contributed by atoms with van der Waals surface area (Å²) in [6.45, 7) is 12.5. The van der Waals surface area contributed by atoms with Crippen molar-refractivity contribution in [1.82, 2.24) is 19.6 Å². The standard InChI is InChI=1S/C25H38N4OS3/c1-4-22-24(32-33-25(22)31)19-15-20(17-28-9-5-7-26(2)11-13-28)23(30)21(16-19)18-29-10-6-8-27(3)12-14-29/h15-16,30H,4-14,17-18H2,1-3H3. The Balaban J connectivity index is 1.66. The average molecular weight is 507 g/mol. The molecule has 2 aromatic rings. The van der Waals surface area contributed by atoms with E-state index in [0.29, 0.717) is 5.75 Å². The molecule has 0 bridgehead atoms. The first-order chi connectivity index (χ1) is 15.9. The fourth-order valence-corrected chi connectivity index (χ4v) is 8.05. The van der Waals surface area contributed by atoms with E-state index in [1.165, 1.54) is 28.8 Å². The molecule has 182 valence electrons. The Morgan fingerprint density at radius 2 is 1.36 bits per heavy atom. The molecule has 0 saturated carbocycles. The molecule has 1 aromatic heterocycles. The van der Waals surface area contributed by atoms with Crippen molar-refractivity contribution in [3.8, 4) is 16.2 Å². The second-order valence-electron chi connectivity index (χ2n) is 9.62. The van der Waals surface area contributed by atoms with Gasteiger partial charge in [-0.1, -0.05) is 39.8 Å². The summed E-state index contributed by atoms with van der Waals surface area (Å²) >= 11 is 5.63. The zero-order chi connectivity index (χ0) is 23.4. The third kappa shape index (κ3) is 6.42. The van der Waals surface area contributed by atoms with Crippen molar-refractivity contribution in [3.05, 3.63) is 32.6 Å². The molecule has 0 amide bonds. The molecule has 1 aromatic carbocycles. The average Bonchev–Trinajstić information content (AvgIpc) is 2.91. The second kappa shape index (κ2) is 11.7. The molecule has 3 heterocycles. The molecule has 2 aliphatic heterocycles. The summed E-state index contributed by atoms with van der Waals surface area (Å²) in [5, 5.41) is 11.4. The van der Waals surface area contributed by atoms with Crippen LogP contribution in [0.3, 0.4) is 0 Å². The van der Waals surface area contributed by atoms with E-state index in [4.69, 9.17) is 12.2 Å². The molecule has 33 heavy (non-hydrogen) atoms. The van der Waals surface area contributed by atoms with Gasteiger partial charge in [0.15, 0.2) is 0 Å². The Labute approximate surface area is 211 Å². The zero-order valence-corrected chi connectivity index (χ0v) is 22.8. The van der Waals surface area contributed by atoms with Crippen molar-refractivity contribution < 1.29 is 5.11 Å². The van der Waals surface area contributed by atoms with Gasteiger partial charge in [-0.2, -0.15) is 0 Å². The Morgan fingerprint density at radius 3 is 1.88 bits per heavy atom. The summed E-state index contributed by atoms with van der Waals surface area (Å²) in [7, 11) is 7.90. The number of hydrogen-bond donors (Lipinski definition) is 1. The summed E-state index contributed by atoms with van der Waals surface area (Å²) in [5.74, 6) is 0.492. The molecular formula is C25H38N4OS3. The van der Waals surface area contributed by atoms with Crippen LogP contribution in [0.1, 0.15) is 36.5 Å². The van der Waals surface area contributed by atoms with E-state index >= 15 is 0 Å². The van der Waals surface area contributed by atoms with Gasteiger partial charge in [0.25, 0.3) is 0 Å². The van der Waals surface area contributed by atoms with Crippen LogP contribution in [0.4, 0.5) is 0 Å². The third-order valence-electron chi connectivity index (χ3n) is 7.02. The molecule has 0 radical (unpaired) electrons. The van der Waals surface area contributed by atoms with Crippen LogP contribution in [0.25, 0.3) is 10.4 Å². The molecule has 2 fully saturated rings. The maximum absolute atomic E-state index is 11.4. The molecule has 8 heteroatoms. The lowest BCUT2D eigenvalue weighted by Gasteiger charge is -2.24. The second-order valence-corrected chi connectivity index (χ2v) is 12.4. The van der Waals surface area contributed by atoms with Crippen molar-refractivity contribution >= 4 is 32.9 Å². The fourth-order valence-electron chi connectivity index (χ4n) is 4.93. The minimum Gasteiger partial charge on any atom is -0.507 e. The van der Waals surface area contributed by atoms with Crippen LogP contribution in [0, 0.1) is 3.82 Å². The first-order valence-electron chi connectivity index (χ1n) is 12.2. The van der Waals surface area contributed by atoms with Crippen LogP contribution in [0.5, 0.6) is 5.75 Å². The van der Waals surface area contributed by atoms with Gasteiger partial charge in [0.2, 0.25) is 0 Å². The van der Waals surface area contributed by atoms with Gasteiger partial charge in [-0.3, -0.25) is 9.80 Å². The molecule has 1 N–H and O–H groups in total. The Bertz CT molecular complexity index is 941. The molecule has 4 rings (SSSR count). The number of benzene rings is 1. The Morgan fingerprint density at radius 1 is 0.818 bits per heavy atom. The van der Waals surface area contributed by atoms with E-state index in [1.54, 1.807) is 20.7 Å². The summed E-state index contributed by atoms with van der Waals surface area (Å²) in [6.07, 6.45) is 3.31. The van der Waals surface area contributed by atoms with Crippen LogP contribution < -0.4 is 0 Å². The number of hydrogen-bond acceptors (Lipinski definition) is 8. The highest BCUT2D eigenvalue weighted by molar-refractivity contribution is 7.80. The van der Waals surface area contributed by atoms with Gasteiger partial charge < -0.3 is 14.9 Å². The van der Waals surface area contributed by atoms with Crippen LogP contribution in [-0.2, 0) is 19.5 Å². The van der Waals surface area contributed by atoms with Gasteiger partial charge >= 0.3 is 0 Å². The van der Waals surface area contributed by atoms with Gasteiger partial charge in [0.05, 0.1) is 4.88 Å². The lowest BCUT2D eigenvalue weighted by molar-refractivity contribution is 0.259.